The van der Waals surface area contributed by atoms with E-state index in [-0.39, 0.29) is 5.91 Å². The van der Waals surface area contributed by atoms with Crippen molar-refractivity contribution in [3.63, 3.8) is 0 Å². The highest BCUT2D eigenvalue weighted by Crippen LogP contribution is 2.26. The second kappa shape index (κ2) is 7.93. The summed E-state index contributed by atoms with van der Waals surface area (Å²) in [5.41, 5.74) is 4.05. The highest BCUT2D eigenvalue weighted by atomic mass is 127. The zero-order valence-corrected chi connectivity index (χ0v) is 17.3. The Kier molecular flexibility index (Phi) is 5.21. The topological polar surface area (TPSA) is 51.0 Å². The molecule has 2 aromatic heterocycles. The number of amides is 1. The van der Waals surface area contributed by atoms with E-state index in [9.17, 15) is 4.79 Å². The summed E-state index contributed by atoms with van der Waals surface area (Å²) in [7, 11) is 1.85. The molecule has 0 N–H and O–H groups in total. The normalized spacial score (nSPS) is 11.2. The number of benzene rings is 2. The van der Waals surface area contributed by atoms with Gasteiger partial charge in [-0.2, -0.15) is 5.10 Å². The molecule has 0 aliphatic heterocycles. The van der Waals surface area contributed by atoms with Crippen LogP contribution in [0.5, 0.6) is 0 Å². The summed E-state index contributed by atoms with van der Waals surface area (Å²) in [5.74, 6) is -0.150. The Morgan fingerprint density at radius 3 is 2.68 bits per heavy atom. The van der Waals surface area contributed by atoms with E-state index < -0.39 is 0 Å². The molecule has 0 bridgehead atoms. The van der Waals surface area contributed by atoms with Gasteiger partial charge >= 0.3 is 0 Å². The molecule has 0 atom stereocenters. The molecule has 0 unspecified atom stereocenters. The van der Waals surface area contributed by atoms with E-state index in [1.54, 1.807) is 14.0 Å². The summed E-state index contributed by atoms with van der Waals surface area (Å²) < 4.78 is 3.34. The minimum atomic E-state index is -0.150. The van der Waals surface area contributed by atoms with Crippen LogP contribution in [0.2, 0.25) is 0 Å². The first-order valence-electron chi connectivity index (χ1n) is 8.74. The Balaban J connectivity index is 1.62. The molecule has 0 aliphatic carbocycles. The molecule has 1 amide bonds. The SMILES string of the molecule is Cn1nc(C(=O)N(I)c2cccc(/C=C/c3ccccn3)c2)c2ccccc21. The number of pyridine rings is 1. The van der Waals surface area contributed by atoms with Gasteiger partial charge in [-0.1, -0.05) is 42.5 Å². The Bertz CT molecular complexity index is 1170. The molecule has 0 saturated carbocycles. The van der Waals surface area contributed by atoms with Crippen LogP contribution >= 0.6 is 22.9 Å². The van der Waals surface area contributed by atoms with Crippen molar-refractivity contribution in [2.24, 2.45) is 7.05 Å². The molecule has 4 aromatic rings. The van der Waals surface area contributed by atoms with Crippen molar-refractivity contribution in [3.8, 4) is 0 Å². The first-order valence-corrected chi connectivity index (χ1v) is 9.71. The van der Waals surface area contributed by atoms with Gasteiger partial charge in [0, 0.05) is 18.6 Å². The second-order valence-corrected chi connectivity index (χ2v) is 7.22. The Labute approximate surface area is 176 Å². The maximum Gasteiger partial charge on any atom is 0.288 e. The quantitative estimate of drug-likeness (QED) is 0.301. The summed E-state index contributed by atoms with van der Waals surface area (Å²) >= 11 is 2.03. The van der Waals surface area contributed by atoms with Gasteiger partial charge in [-0.25, -0.2) is 3.11 Å². The van der Waals surface area contributed by atoms with Crippen LogP contribution in [-0.2, 0) is 7.05 Å². The lowest BCUT2D eigenvalue weighted by Gasteiger charge is -2.14. The molecule has 0 spiro atoms. The molecule has 2 aromatic carbocycles. The third kappa shape index (κ3) is 3.68. The molecule has 0 fully saturated rings. The van der Waals surface area contributed by atoms with Crippen molar-refractivity contribution in [1.82, 2.24) is 14.8 Å². The van der Waals surface area contributed by atoms with Gasteiger partial charge in [0.15, 0.2) is 5.69 Å². The predicted molar refractivity (Wildman–Crippen MR) is 121 cm³/mol. The molecule has 28 heavy (non-hydrogen) atoms. The number of aromatic nitrogens is 3. The monoisotopic (exact) mass is 480 g/mol. The highest BCUT2D eigenvalue weighted by Gasteiger charge is 2.21. The minimum Gasteiger partial charge on any atom is -0.267 e. The number of halogens is 1. The largest absolute Gasteiger partial charge is 0.288 e. The fourth-order valence-electron chi connectivity index (χ4n) is 2.99. The minimum absolute atomic E-state index is 0.150. The van der Waals surface area contributed by atoms with Crippen LogP contribution in [0, 0.1) is 0 Å². The molecule has 5 nitrogen and oxygen atoms in total. The lowest BCUT2D eigenvalue weighted by atomic mass is 10.1. The molecular weight excluding hydrogens is 463 g/mol. The van der Waals surface area contributed by atoms with Gasteiger partial charge < -0.3 is 0 Å². The van der Waals surface area contributed by atoms with Crippen molar-refractivity contribution in [2.45, 2.75) is 0 Å². The number of rotatable bonds is 4. The molecular formula is C22H17IN4O. The van der Waals surface area contributed by atoms with Crippen LogP contribution in [0.3, 0.4) is 0 Å². The smallest absolute Gasteiger partial charge is 0.267 e. The number of aryl methyl sites for hydroxylation is 1. The number of nitrogens with zero attached hydrogens (tertiary/aromatic N) is 4. The average Bonchev–Trinajstić information content (AvgIpc) is 3.09. The number of carbonyl (C=O) groups excluding carboxylic acids is 1. The van der Waals surface area contributed by atoms with E-state index in [0.29, 0.717) is 5.69 Å². The molecule has 2 heterocycles. The van der Waals surface area contributed by atoms with Crippen molar-refractivity contribution >= 4 is 57.5 Å². The summed E-state index contributed by atoms with van der Waals surface area (Å²) in [5, 5.41) is 5.28. The lowest BCUT2D eigenvalue weighted by Crippen LogP contribution is -2.21. The summed E-state index contributed by atoms with van der Waals surface area (Å²) in [4.78, 5) is 17.4. The fraction of sp³-hybridized carbons (Fsp3) is 0.0455. The number of hydrogen-bond acceptors (Lipinski definition) is 3. The van der Waals surface area contributed by atoms with E-state index in [0.717, 1.165) is 27.8 Å². The highest BCUT2D eigenvalue weighted by molar-refractivity contribution is 14.1. The van der Waals surface area contributed by atoms with Crippen molar-refractivity contribution < 1.29 is 4.79 Å². The van der Waals surface area contributed by atoms with E-state index in [1.807, 2.05) is 109 Å². The molecule has 0 saturated heterocycles. The van der Waals surface area contributed by atoms with E-state index in [2.05, 4.69) is 10.1 Å². The van der Waals surface area contributed by atoms with Crippen molar-refractivity contribution in [3.05, 3.63) is 89.9 Å². The van der Waals surface area contributed by atoms with Crippen LogP contribution in [0.4, 0.5) is 5.69 Å². The Hall–Kier alpha value is -3.00. The van der Waals surface area contributed by atoms with Crippen LogP contribution < -0.4 is 3.11 Å². The van der Waals surface area contributed by atoms with Crippen molar-refractivity contribution in [1.29, 1.82) is 0 Å². The zero-order chi connectivity index (χ0) is 19.5. The van der Waals surface area contributed by atoms with Gasteiger partial charge in [0.1, 0.15) is 0 Å². The molecule has 4 rings (SSSR count). The van der Waals surface area contributed by atoms with Crippen LogP contribution in [0.15, 0.2) is 72.9 Å². The number of anilines is 1. The van der Waals surface area contributed by atoms with Gasteiger partial charge in [-0.05, 0) is 42.0 Å². The molecule has 0 radical (unpaired) electrons. The van der Waals surface area contributed by atoms with Gasteiger partial charge in [0.05, 0.1) is 39.8 Å². The summed E-state index contributed by atoms with van der Waals surface area (Å²) in [6.45, 7) is 0. The van der Waals surface area contributed by atoms with Gasteiger partial charge in [-0.15, -0.1) is 0 Å². The van der Waals surface area contributed by atoms with E-state index in [4.69, 9.17) is 0 Å². The van der Waals surface area contributed by atoms with Gasteiger partial charge in [0.2, 0.25) is 0 Å². The van der Waals surface area contributed by atoms with E-state index >= 15 is 0 Å². The summed E-state index contributed by atoms with van der Waals surface area (Å²) in [6, 6.07) is 21.3. The maximum atomic E-state index is 13.1. The Morgan fingerprint density at radius 1 is 1.04 bits per heavy atom. The van der Waals surface area contributed by atoms with Crippen LogP contribution in [0.25, 0.3) is 23.1 Å². The summed E-state index contributed by atoms with van der Waals surface area (Å²) in [6.07, 6.45) is 5.69. The van der Waals surface area contributed by atoms with Crippen LogP contribution in [-0.4, -0.2) is 20.7 Å². The third-order valence-corrected chi connectivity index (χ3v) is 5.37. The third-order valence-electron chi connectivity index (χ3n) is 4.37. The maximum absolute atomic E-state index is 13.1. The number of carbonyl (C=O) groups is 1. The average molecular weight is 480 g/mol. The Morgan fingerprint density at radius 2 is 1.86 bits per heavy atom. The number of para-hydroxylation sites is 1. The second-order valence-electron chi connectivity index (χ2n) is 6.26. The standard InChI is InChI=1S/C22H17IN4O/c1-26-20-11-3-2-10-19(20)21(25-26)22(28)27(23)18-9-6-7-16(15-18)12-13-17-8-4-5-14-24-17/h2-15H,1H3/b13-12+. The first kappa shape index (κ1) is 18.4. The van der Waals surface area contributed by atoms with Crippen LogP contribution in [0.1, 0.15) is 21.7 Å². The van der Waals surface area contributed by atoms with E-state index in [1.165, 1.54) is 0 Å². The predicted octanol–water partition coefficient (Wildman–Crippen LogP) is 5.14. The molecule has 6 heteroatoms. The lowest BCUT2D eigenvalue weighted by molar-refractivity contribution is 0.101. The first-order chi connectivity index (χ1) is 13.6. The molecule has 0 aliphatic rings. The number of fused-ring (bicyclic) bond motifs is 1. The van der Waals surface area contributed by atoms with Gasteiger partial charge in [-0.3, -0.25) is 14.5 Å². The van der Waals surface area contributed by atoms with Gasteiger partial charge in [0.25, 0.3) is 5.91 Å². The van der Waals surface area contributed by atoms with Crippen molar-refractivity contribution in [2.75, 3.05) is 3.11 Å². The zero-order valence-electron chi connectivity index (χ0n) is 15.2. The fourth-order valence-corrected chi connectivity index (χ4v) is 3.52. The number of hydrogen-bond donors (Lipinski definition) is 0. The molecule has 138 valence electrons.